The molecule has 0 spiro atoms. The van der Waals surface area contributed by atoms with Crippen molar-refractivity contribution >= 4 is 24.5 Å². The maximum absolute atomic E-state index is 2.26. The van der Waals surface area contributed by atoms with Crippen LogP contribution in [-0.2, 0) is 0 Å². The first-order valence-electron chi connectivity index (χ1n) is 5.20. The summed E-state index contributed by atoms with van der Waals surface area (Å²) in [6, 6.07) is 10.8. The van der Waals surface area contributed by atoms with Gasteiger partial charge in [-0.3, -0.25) is 4.48 Å². The number of benzene rings is 1. The molecule has 74 valence electrons. The van der Waals surface area contributed by atoms with Crippen molar-refractivity contribution in [1.82, 2.24) is 4.48 Å². The van der Waals surface area contributed by atoms with Crippen LogP contribution in [0.2, 0.25) is 0 Å². The predicted molar refractivity (Wildman–Crippen MR) is 67.0 cm³/mol. The Morgan fingerprint density at radius 2 is 1.29 bits per heavy atom. The first-order valence-corrected chi connectivity index (χ1v) is 5.20. The summed E-state index contributed by atoms with van der Waals surface area (Å²) in [4.78, 5) is 0. The van der Waals surface area contributed by atoms with Crippen LogP contribution < -0.4 is 4.48 Å². The van der Waals surface area contributed by atoms with E-state index >= 15 is 0 Å². The van der Waals surface area contributed by atoms with Gasteiger partial charge in [0.25, 0.3) is 0 Å². The number of nitrogens with zero attached hydrogens (tertiary/aromatic N) is 1. The topological polar surface area (TPSA) is 0 Å². The SMILES string of the molecule is CC[N+](CC)(CC)c1ccccc1.[LiH]. The minimum atomic E-state index is 0. The summed E-state index contributed by atoms with van der Waals surface area (Å²) in [5, 5.41) is 0. The third kappa shape index (κ3) is 2.64. The summed E-state index contributed by atoms with van der Waals surface area (Å²) in [6.45, 7) is 10.3. The Morgan fingerprint density at radius 3 is 1.64 bits per heavy atom. The van der Waals surface area contributed by atoms with E-state index in [-0.39, 0.29) is 18.9 Å². The summed E-state index contributed by atoms with van der Waals surface area (Å²) in [5.41, 5.74) is 1.44. The molecule has 1 aromatic carbocycles. The van der Waals surface area contributed by atoms with E-state index in [1.54, 1.807) is 0 Å². The second-order valence-corrected chi connectivity index (χ2v) is 3.43. The van der Waals surface area contributed by atoms with Gasteiger partial charge in [0.2, 0.25) is 0 Å². The Bertz CT molecular complexity index is 233. The van der Waals surface area contributed by atoms with Gasteiger partial charge in [0.15, 0.2) is 0 Å². The number of rotatable bonds is 4. The zero-order chi connectivity index (χ0) is 9.73. The molecule has 1 rings (SSSR count). The third-order valence-electron chi connectivity index (χ3n) is 3.12. The normalized spacial score (nSPS) is 10.8. The van der Waals surface area contributed by atoms with E-state index in [1.165, 1.54) is 25.3 Å². The predicted octanol–water partition coefficient (Wildman–Crippen LogP) is 2.41. The molecule has 0 saturated heterocycles. The summed E-state index contributed by atoms with van der Waals surface area (Å²) in [5.74, 6) is 0. The van der Waals surface area contributed by atoms with Crippen molar-refractivity contribution in [2.75, 3.05) is 19.6 Å². The van der Waals surface area contributed by atoms with Crippen molar-refractivity contribution in [2.45, 2.75) is 20.8 Å². The van der Waals surface area contributed by atoms with Crippen LogP contribution in [0.15, 0.2) is 30.3 Å². The average molecular weight is 186 g/mol. The number of hydrogen-bond donors (Lipinski definition) is 0. The molecule has 0 fully saturated rings. The molecule has 0 aliphatic carbocycles. The molecule has 0 amide bonds. The Morgan fingerprint density at radius 1 is 0.857 bits per heavy atom. The molecule has 2 heteroatoms. The van der Waals surface area contributed by atoms with Crippen molar-refractivity contribution in [3.05, 3.63) is 30.3 Å². The van der Waals surface area contributed by atoms with Gasteiger partial charge in [-0.1, -0.05) is 18.2 Å². The Kier molecular flexibility index (Phi) is 6.20. The van der Waals surface area contributed by atoms with E-state index in [4.69, 9.17) is 0 Å². The maximum atomic E-state index is 2.26. The van der Waals surface area contributed by atoms with Crippen LogP contribution >= 0.6 is 0 Å². The van der Waals surface area contributed by atoms with Gasteiger partial charge in [0.05, 0.1) is 19.6 Å². The monoisotopic (exact) mass is 186 g/mol. The molecule has 1 nitrogen and oxygen atoms in total. The van der Waals surface area contributed by atoms with E-state index in [1.807, 2.05) is 0 Å². The number of hydrogen-bond acceptors (Lipinski definition) is 0. The van der Waals surface area contributed by atoms with Crippen LogP contribution in [0.4, 0.5) is 5.69 Å². The molecular formula is C12H21LiN+. The Labute approximate surface area is 99.9 Å². The van der Waals surface area contributed by atoms with E-state index in [9.17, 15) is 0 Å². The van der Waals surface area contributed by atoms with E-state index in [0.29, 0.717) is 0 Å². The van der Waals surface area contributed by atoms with Gasteiger partial charge in [0.1, 0.15) is 5.69 Å². The standard InChI is InChI=1S/C12H20N.Li.H/c1-4-13(5-2,6-3)12-10-8-7-9-11-12;;/h7-11H,4-6H2,1-3H3;;/q+1;;. The van der Waals surface area contributed by atoms with Gasteiger partial charge < -0.3 is 0 Å². The molecule has 0 aliphatic rings. The molecule has 14 heavy (non-hydrogen) atoms. The molecule has 1 aromatic rings. The fraction of sp³-hybridized carbons (Fsp3) is 0.500. The van der Waals surface area contributed by atoms with E-state index in [0.717, 1.165) is 4.48 Å². The summed E-state index contributed by atoms with van der Waals surface area (Å²) >= 11 is 0. The second kappa shape index (κ2) is 6.30. The van der Waals surface area contributed by atoms with E-state index < -0.39 is 0 Å². The fourth-order valence-electron chi connectivity index (χ4n) is 1.96. The van der Waals surface area contributed by atoms with Crippen molar-refractivity contribution in [3.8, 4) is 0 Å². The third-order valence-corrected chi connectivity index (χ3v) is 3.12. The zero-order valence-electron chi connectivity index (χ0n) is 8.96. The molecule has 0 N–H and O–H groups in total. The number of para-hydroxylation sites is 1. The van der Waals surface area contributed by atoms with Gasteiger partial charge in [-0.2, -0.15) is 0 Å². The van der Waals surface area contributed by atoms with Crippen molar-refractivity contribution in [2.24, 2.45) is 0 Å². The Balaban J connectivity index is 0.00000169. The molecule has 0 atom stereocenters. The van der Waals surface area contributed by atoms with Gasteiger partial charge in [0, 0.05) is 0 Å². The van der Waals surface area contributed by atoms with Crippen LogP contribution in [-0.4, -0.2) is 38.5 Å². The van der Waals surface area contributed by atoms with Crippen LogP contribution in [0.3, 0.4) is 0 Å². The van der Waals surface area contributed by atoms with Crippen molar-refractivity contribution < 1.29 is 0 Å². The molecule has 0 heterocycles. The fourth-order valence-corrected chi connectivity index (χ4v) is 1.96. The molecule has 0 radical (unpaired) electrons. The summed E-state index contributed by atoms with van der Waals surface area (Å²) in [7, 11) is 0. The van der Waals surface area contributed by atoms with Gasteiger partial charge >= 0.3 is 18.9 Å². The summed E-state index contributed by atoms with van der Waals surface area (Å²) in [6.07, 6.45) is 0. The van der Waals surface area contributed by atoms with Crippen LogP contribution in [0.5, 0.6) is 0 Å². The molecule has 0 aromatic heterocycles. The molecule has 0 unspecified atom stereocenters. The average Bonchev–Trinajstić information content (AvgIpc) is 2.23. The van der Waals surface area contributed by atoms with Gasteiger partial charge in [-0.25, -0.2) is 0 Å². The van der Waals surface area contributed by atoms with Gasteiger partial charge in [-0.15, -0.1) is 0 Å². The molecular weight excluding hydrogens is 165 g/mol. The zero-order valence-corrected chi connectivity index (χ0v) is 8.96. The second-order valence-electron chi connectivity index (χ2n) is 3.43. The minimum absolute atomic E-state index is 0. The van der Waals surface area contributed by atoms with E-state index in [2.05, 4.69) is 51.1 Å². The molecule has 0 bridgehead atoms. The van der Waals surface area contributed by atoms with Crippen LogP contribution in [0.1, 0.15) is 20.8 Å². The van der Waals surface area contributed by atoms with Gasteiger partial charge in [-0.05, 0) is 32.9 Å². The Hall–Kier alpha value is -0.223. The van der Waals surface area contributed by atoms with Crippen LogP contribution in [0.25, 0.3) is 0 Å². The first-order chi connectivity index (χ1) is 6.29. The summed E-state index contributed by atoms with van der Waals surface area (Å²) < 4.78 is 1.10. The quantitative estimate of drug-likeness (QED) is 0.500. The van der Waals surface area contributed by atoms with Crippen LogP contribution in [0, 0.1) is 0 Å². The van der Waals surface area contributed by atoms with Crippen molar-refractivity contribution in [3.63, 3.8) is 0 Å². The molecule has 0 aliphatic heterocycles. The molecule has 0 saturated carbocycles. The van der Waals surface area contributed by atoms with Crippen molar-refractivity contribution in [1.29, 1.82) is 0 Å². The number of quaternary nitrogens is 1. The first kappa shape index (κ1) is 13.8.